The van der Waals surface area contributed by atoms with Gasteiger partial charge in [0, 0.05) is 49.4 Å². The number of phenolic OH excluding ortho intramolecular Hbond substituents is 1. The van der Waals surface area contributed by atoms with Crippen LogP contribution in [0.15, 0.2) is 29.3 Å². The summed E-state index contributed by atoms with van der Waals surface area (Å²) < 4.78 is 0. The molecule has 23 heavy (non-hydrogen) atoms. The Kier molecular flexibility index (Phi) is 4.75. The number of aromatic hydroxyl groups is 1. The molecule has 2 heterocycles. The second-order valence-electron chi connectivity index (χ2n) is 5.43. The number of aromatic nitrogens is 2. The number of nitrogens with zero attached hydrogens (tertiary/aromatic N) is 3. The lowest BCUT2D eigenvalue weighted by atomic mass is 10.1. The van der Waals surface area contributed by atoms with Crippen molar-refractivity contribution in [3.05, 3.63) is 50.5 Å². The van der Waals surface area contributed by atoms with Crippen LogP contribution in [0.3, 0.4) is 0 Å². The highest BCUT2D eigenvalue weighted by Gasteiger charge is 2.20. The summed E-state index contributed by atoms with van der Waals surface area (Å²) in [5, 5.41) is 10.8. The second-order valence-corrected chi connectivity index (χ2v) is 6.27. The molecular formula is C15H16Cl2N4O2. The first-order valence-corrected chi connectivity index (χ1v) is 7.97. The first-order chi connectivity index (χ1) is 11.0. The van der Waals surface area contributed by atoms with Crippen molar-refractivity contribution in [1.29, 1.82) is 0 Å². The minimum absolute atomic E-state index is 0.0785. The fourth-order valence-electron chi connectivity index (χ4n) is 2.65. The van der Waals surface area contributed by atoms with Crippen molar-refractivity contribution in [2.24, 2.45) is 0 Å². The first-order valence-electron chi connectivity index (χ1n) is 7.22. The van der Waals surface area contributed by atoms with Gasteiger partial charge in [-0.05, 0) is 12.1 Å². The number of nitrogens with one attached hydrogen (secondary N) is 1. The molecule has 2 N–H and O–H groups in total. The van der Waals surface area contributed by atoms with E-state index in [1.807, 2.05) is 0 Å². The smallest absolute Gasteiger partial charge is 0.252 e. The Balaban J connectivity index is 1.65. The summed E-state index contributed by atoms with van der Waals surface area (Å²) in [6, 6.07) is 4.75. The van der Waals surface area contributed by atoms with Crippen molar-refractivity contribution < 1.29 is 5.11 Å². The molecule has 1 fully saturated rings. The van der Waals surface area contributed by atoms with E-state index in [0.717, 1.165) is 26.2 Å². The van der Waals surface area contributed by atoms with Crippen LogP contribution >= 0.6 is 23.2 Å². The van der Waals surface area contributed by atoms with E-state index in [0.29, 0.717) is 22.9 Å². The predicted molar refractivity (Wildman–Crippen MR) is 90.5 cm³/mol. The topological polar surface area (TPSA) is 72.5 Å². The third-order valence-corrected chi connectivity index (χ3v) is 4.37. The van der Waals surface area contributed by atoms with Gasteiger partial charge < -0.3 is 15.0 Å². The van der Waals surface area contributed by atoms with Crippen LogP contribution in [0.4, 0.5) is 5.82 Å². The molecule has 1 aliphatic rings. The normalized spacial score (nSPS) is 15.8. The zero-order valence-electron chi connectivity index (χ0n) is 12.3. The molecule has 2 aromatic rings. The summed E-state index contributed by atoms with van der Waals surface area (Å²) in [5.41, 5.74) is 0.557. The molecule has 6 nitrogen and oxygen atoms in total. The van der Waals surface area contributed by atoms with Gasteiger partial charge in [0.25, 0.3) is 5.56 Å². The Hall–Kier alpha value is -1.76. The van der Waals surface area contributed by atoms with Gasteiger partial charge in [-0.2, -0.15) is 0 Å². The maximum Gasteiger partial charge on any atom is 0.252 e. The van der Waals surface area contributed by atoms with Gasteiger partial charge in [0.05, 0.1) is 11.3 Å². The largest absolute Gasteiger partial charge is 0.506 e. The Bertz CT molecular complexity index is 757. The first kappa shape index (κ1) is 16.1. The van der Waals surface area contributed by atoms with Gasteiger partial charge in [-0.1, -0.05) is 23.2 Å². The van der Waals surface area contributed by atoms with Crippen LogP contribution in [0.25, 0.3) is 0 Å². The average molecular weight is 355 g/mol. The summed E-state index contributed by atoms with van der Waals surface area (Å²) in [5.74, 6) is 0.761. The molecule has 0 spiro atoms. The Morgan fingerprint density at radius 1 is 1.17 bits per heavy atom. The van der Waals surface area contributed by atoms with Crippen molar-refractivity contribution in [2.75, 3.05) is 31.1 Å². The molecule has 0 saturated carbocycles. The van der Waals surface area contributed by atoms with Gasteiger partial charge in [-0.25, -0.2) is 4.98 Å². The molecule has 0 atom stereocenters. The Labute approximate surface area is 143 Å². The summed E-state index contributed by atoms with van der Waals surface area (Å²) in [6.45, 7) is 3.66. The highest BCUT2D eigenvalue weighted by molar-refractivity contribution is 6.35. The molecule has 1 aliphatic heterocycles. The molecule has 1 aromatic carbocycles. The summed E-state index contributed by atoms with van der Waals surface area (Å²) in [7, 11) is 0. The average Bonchev–Trinajstić information content (AvgIpc) is 2.53. The zero-order chi connectivity index (χ0) is 16.4. The van der Waals surface area contributed by atoms with E-state index in [9.17, 15) is 9.90 Å². The van der Waals surface area contributed by atoms with Crippen molar-refractivity contribution in [2.45, 2.75) is 6.54 Å². The van der Waals surface area contributed by atoms with E-state index < -0.39 is 0 Å². The molecular weight excluding hydrogens is 339 g/mol. The van der Waals surface area contributed by atoms with Gasteiger partial charge in [0.15, 0.2) is 0 Å². The number of piperazine rings is 1. The van der Waals surface area contributed by atoms with Crippen LogP contribution in [0.5, 0.6) is 5.75 Å². The monoisotopic (exact) mass is 354 g/mol. The van der Waals surface area contributed by atoms with Gasteiger partial charge >= 0.3 is 0 Å². The van der Waals surface area contributed by atoms with E-state index in [1.54, 1.807) is 6.07 Å². The van der Waals surface area contributed by atoms with Gasteiger partial charge in [0.1, 0.15) is 11.6 Å². The number of phenols is 1. The molecule has 8 heteroatoms. The SMILES string of the molecule is O=c1cc(N2CCN(Cc3cc(Cl)cc(Cl)c3O)CC2)nc[nH]1. The van der Waals surface area contributed by atoms with E-state index in [1.165, 1.54) is 18.5 Å². The van der Waals surface area contributed by atoms with Gasteiger partial charge in [0.2, 0.25) is 0 Å². The van der Waals surface area contributed by atoms with E-state index in [-0.39, 0.29) is 16.3 Å². The van der Waals surface area contributed by atoms with Crippen LogP contribution in [0.2, 0.25) is 10.0 Å². The van der Waals surface area contributed by atoms with E-state index >= 15 is 0 Å². The third-order valence-electron chi connectivity index (χ3n) is 3.86. The molecule has 0 aliphatic carbocycles. The highest BCUT2D eigenvalue weighted by atomic mass is 35.5. The lowest BCUT2D eigenvalue weighted by Gasteiger charge is -2.35. The van der Waals surface area contributed by atoms with Crippen LogP contribution in [-0.2, 0) is 6.54 Å². The number of benzene rings is 1. The summed E-state index contributed by atoms with van der Waals surface area (Å²) in [4.78, 5) is 22.3. The Morgan fingerprint density at radius 3 is 2.61 bits per heavy atom. The standard InChI is InChI=1S/C15H16Cl2N4O2/c16-11-5-10(15(23)12(17)6-11)8-20-1-3-21(4-2-20)13-7-14(22)19-9-18-13/h5-7,9,23H,1-4,8H2,(H,18,19,22). The highest BCUT2D eigenvalue weighted by Crippen LogP contribution is 2.32. The molecule has 1 aromatic heterocycles. The molecule has 0 amide bonds. The quantitative estimate of drug-likeness (QED) is 0.882. The molecule has 1 saturated heterocycles. The number of rotatable bonds is 3. The maximum absolute atomic E-state index is 11.4. The van der Waals surface area contributed by atoms with Crippen LogP contribution < -0.4 is 10.5 Å². The van der Waals surface area contributed by atoms with Crippen molar-refractivity contribution in [1.82, 2.24) is 14.9 Å². The van der Waals surface area contributed by atoms with Crippen LogP contribution in [-0.4, -0.2) is 46.2 Å². The fraction of sp³-hybridized carbons (Fsp3) is 0.333. The summed E-state index contributed by atoms with van der Waals surface area (Å²) >= 11 is 11.9. The van der Waals surface area contributed by atoms with Crippen LogP contribution in [0, 0.1) is 0 Å². The molecule has 0 bridgehead atoms. The van der Waals surface area contributed by atoms with Gasteiger partial charge in [-0.15, -0.1) is 0 Å². The zero-order valence-corrected chi connectivity index (χ0v) is 13.8. The van der Waals surface area contributed by atoms with Crippen molar-refractivity contribution in [3.8, 4) is 5.75 Å². The number of aromatic amines is 1. The second kappa shape index (κ2) is 6.78. The maximum atomic E-state index is 11.4. The van der Waals surface area contributed by atoms with Crippen LogP contribution in [0.1, 0.15) is 5.56 Å². The molecule has 3 rings (SSSR count). The summed E-state index contributed by atoms with van der Waals surface area (Å²) in [6.07, 6.45) is 1.41. The number of halogens is 2. The van der Waals surface area contributed by atoms with Crippen molar-refractivity contribution >= 4 is 29.0 Å². The van der Waals surface area contributed by atoms with E-state index in [2.05, 4.69) is 19.8 Å². The molecule has 0 unspecified atom stereocenters. The number of hydrogen-bond acceptors (Lipinski definition) is 5. The minimum atomic E-state index is -0.157. The lowest BCUT2D eigenvalue weighted by Crippen LogP contribution is -2.46. The van der Waals surface area contributed by atoms with E-state index in [4.69, 9.17) is 23.2 Å². The number of hydrogen-bond donors (Lipinski definition) is 2. The van der Waals surface area contributed by atoms with Crippen molar-refractivity contribution in [3.63, 3.8) is 0 Å². The fourth-order valence-corrected chi connectivity index (χ4v) is 3.18. The lowest BCUT2D eigenvalue weighted by molar-refractivity contribution is 0.246. The third kappa shape index (κ3) is 3.77. The predicted octanol–water partition coefficient (Wildman–Crippen LogP) is 2.10. The Morgan fingerprint density at radius 2 is 1.91 bits per heavy atom. The molecule has 0 radical (unpaired) electrons. The number of H-pyrrole nitrogens is 1. The minimum Gasteiger partial charge on any atom is -0.506 e. The number of anilines is 1. The molecule has 122 valence electrons. The van der Waals surface area contributed by atoms with Gasteiger partial charge in [-0.3, -0.25) is 9.69 Å².